The zero-order chi connectivity index (χ0) is 17.5. The zero-order valence-corrected chi connectivity index (χ0v) is 14.8. The molecular weight excluding hydrogens is 334 g/mol. The molecule has 1 N–H and O–H groups in total. The molecule has 3 nitrogen and oxygen atoms in total. The van der Waals surface area contributed by atoms with Gasteiger partial charge in [-0.1, -0.05) is 54.1 Å². The van der Waals surface area contributed by atoms with Gasteiger partial charge in [-0.25, -0.2) is 0 Å². The van der Waals surface area contributed by atoms with E-state index in [1.165, 1.54) is 0 Å². The Morgan fingerprint density at radius 2 is 1.64 bits per heavy atom. The van der Waals surface area contributed by atoms with E-state index in [4.69, 9.17) is 21.1 Å². The van der Waals surface area contributed by atoms with E-state index in [1.807, 2.05) is 72.8 Å². The van der Waals surface area contributed by atoms with E-state index in [9.17, 15) is 0 Å². The molecule has 25 heavy (non-hydrogen) atoms. The van der Waals surface area contributed by atoms with Crippen LogP contribution >= 0.6 is 11.6 Å². The van der Waals surface area contributed by atoms with Crippen molar-refractivity contribution in [2.45, 2.75) is 13.2 Å². The number of hydrogen-bond donors (Lipinski definition) is 1. The number of halogens is 1. The van der Waals surface area contributed by atoms with Crippen LogP contribution in [0.3, 0.4) is 0 Å². The fourth-order valence-corrected chi connectivity index (χ4v) is 2.64. The van der Waals surface area contributed by atoms with Gasteiger partial charge in [0.15, 0.2) is 11.5 Å². The van der Waals surface area contributed by atoms with Crippen LogP contribution in [0.5, 0.6) is 11.5 Å². The number of benzene rings is 3. The van der Waals surface area contributed by atoms with Gasteiger partial charge in [0.1, 0.15) is 6.61 Å². The number of nitrogens with one attached hydrogen (secondary N) is 1. The van der Waals surface area contributed by atoms with E-state index < -0.39 is 0 Å². The number of para-hydroxylation sites is 2. The van der Waals surface area contributed by atoms with Crippen LogP contribution in [0.25, 0.3) is 0 Å². The first-order valence-electron chi connectivity index (χ1n) is 8.08. The minimum Gasteiger partial charge on any atom is -0.493 e. The highest BCUT2D eigenvalue weighted by atomic mass is 35.5. The van der Waals surface area contributed by atoms with Gasteiger partial charge >= 0.3 is 0 Å². The van der Waals surface area contributed by atoms with Crippen molar-refractivity contribution < 1.29 is 9.47 Å². The Morgan fingerprint density at radius 3 is 2.36 bits per heavy atom. The van der Waals surface area contributed by atoms with E-state index in [-0.39, 0.29) is 0 Å². The molecule has 0 radical (unpaired) electrons. The van der Waals surface area contributed by atoms with Crippen molar-refractivity contribution >= 4 is 17.3 Å². The van der Waals surface area contributed by atoms with E-state index in [2.05, 4.69) is 5.32 Å². The molecular formula is C21H20ClNO2. The van der Waals surface area contributed by atoms with Crippen LogP contribution in [0, 0.1) is 0 Å². The quantitative estimate of drug-likeness (QED) is 0.605. The molecule has 0 amide bonds. The number of rotatable bonds is 7. The van der Waals surface area contributed by atoms with Crippen molar-refractivity contribution in [3.05, 3.63) is 88.9 Å². The predicted octanol–water partition coefficient (Wildman–Crippen LogP) is 5.54. The normalized spacial score (nSPS) is 10.3. The number of ether oxygens (including phenoxy) is 2. The fourth-order valence-electron chi connectivity index (χ4n) is 2.51. The highest BCUT2D eigenvalue weighted by Gasteiger charge is 2.11. The third kappa shape index (κ3) is 4.68. The first kappa shape index (κ1) is 17.2. The van der Waals surface area contributed by atoms with Crippen LogP contribution in [0.2, 0.25) is 5.02 Å². The maximum atomic E-state index is 6.07. The largest absolute Gasteiger partial charge is 0.493 e. The van der Waals surface area contributed by atoms with E-state index in [0.29, 0.717) is 18.2 Å². The van der Waals surface area contributed by atoms with Gasteiger partial charge in [0.05, 0.1) is 7.11 Å². The second-order valence-electron chi connectivity index (χ2n) is 5.58. The summed E-state index contributed by atoms with van der Waals surface area (Å²) in [4.78, 5) is 0. The molecule has 0 aliphatic rings. The smallest absolute Gasteiger partial charge is 0.166 e. The van der Waals surface area contributed by atoms with Crippen LogP contribution in [-0.4, -0.2) is 7.11 Å². The lowest BCUT2D eigenvalue weighted by atomic mass is 10.1. The van der Waals surface area contributed by atoms with Crippen molar-refractivity contribution in [3.8, 4) is 11.5 Å². The van der Waals surface area contributed by atoms with Gasteiger partial charge in [0.2, 0.25) is 0 Å². The fraction of sp³-hybridized carbons (Fsp3) is 0.143. The molecule has 4 heteroatoms. The van der Waals surface area contributed by atoms with Crippen LogP contribution < -0.4 is 14.8 Å². The second-order valence-corrected chi connectivity index (χ2v) is 6.02. The minimum atomic E-state index is 0.454. The van der Waals surface area contributed by atoms with Crippen molar-refractivity contribution in [3.63, 3.8) is 0 Å². The molecule has 0 bridgehead atoms. The van der Waals surface area contributed by atoms with E-state index in [1.54, 1.807) is 7.11 Å². The molecule has 0 saturated heterocycles. The van der Waals surface area contributed by atoms with E-state index >= 15 is 0 Å². The molecule has 0 aromatic heterocycles. The average molecular weight is 354 g/mol. The lowest BCUT2D eigenvalue weighted by Gasteiger charge is -2.16. The molecule has 0 spiro atoms. The Kier molecular flexibility index (Phi) is 5.81. The van der Waals surface area contributed by atoms with Crippen LogP contribution in [0.15, 0.2) is 72.8 Å². The van der Waals surface area contributed by atoms with Crippen molar-refractivity contribution in [2.75, 3.05) is 12.4 Å². The number of hydrogen-bond acceptors (Lipinski definition) is 3. The highest BCUT2D eigenvalue weighted by Crippen LogP contribution is 2.32. The number of methoxy groups -OCH3 is 1. The molecule has 0 aliphatic carbocycles. The Morgan fingerprint density at radius 1 is 0.880 bits per heavy atom. The van der Waals surface area contributed by atoms with Gasteiger partial charge in [-0.05, 0) is 35.9 Å². The molecule has 3 aromatic carbocycles. The minimum absolute atomic E-state index is 0.454. The van der Waals surface area contributed by atoms with Gasteiger partial charge in [-0.2, -0.15) is 0 Å². The predicted molar refractivity (Wildman–Crippen MR) is 103 cm³/mol. The van der Waals surface area contributed by atoms with Crippen molar-refractivity contribution in [1.82, 2.24) is 0 Å². The molecule has 0 fully saturated rings. The Bertz CT molecular complexity index is 804. The molecule has 0 heterocycles. The maximum Gasteiger partial charge on any atom is 0.166 e. The molecule has 3 aromatic rings. The SMILES string of the molecule is COc1cccc(CNc2ccccc2)c1OCc1ccc(Cl)cc1. The van der Waals surface area contributed by atoms with Crippen LogP contribution in [-0.2, 0) is 13.2 Å². The monoisotopic (exact) mass is 353 g/mol. The Hall–Kier alpha value is -2.65. The summed E-state index contributed by atoms with van der Waals surface area (Å²) in [6.07, 6.45) is 0. The van der Waals surface area contributed by atoms with Gasteiger partial charge in [-0.15, -0.1) is 0 Å². The maximum absolute atomic E-state index is 6.07. The van der Waals surface area contributed by atoms with Gasteiger partial charge in [0, 0.05) is 22.8 Å². The average Bonchev–Trinajstić information content (AvgIpc) is 2.67. The molecule has 0 atom stereocenters. The molecule has 0 saturated carbocycles. The van der Waals surface area contributed by atoms with Crippen LogP contribution in [0.1, 0.15) is 11.1 Å². The summed E-state index contributed by atoms with van der Waals surface area (Å²) in [6.45, 7) is 1.10. The van der Waals surface area contributed by atoms with Crippen molar-refractivity contribution in [2.24, 2.45) is 0 Å². The Balaban J connectivity index is 1.75. The first-order valence-corrected chi connectivity index (χ1v) is 8.46. The summed E-state index contributed by atoms with van der Waals surface area (Å²) in [5.41, 5.74) is 3.16. The molecule has 0 aliphatic heterocycles. The Labute approximate surface area is 153 Å². The lowest BCUT2D eigenvalue weighted by Crippen LogP contribution is -2.05. The molecule has 3 rings (SSSR count). The lowest BCUT2D eigenvalue weighted by molar-refractivity contribution is 0.281. The molecule has 0 unspecified atom stereocenters. The second kappa shape index (κ2) is 8.45. The van der Waals surface area contributed by atoms with E-state index in [0.717, 1.165) is 28.3 Å². The van der Waals surface area contributed by atoms with Crippen LogP contribution in [0.4, 0.5) is 5.69 Å². The third-order valence-corrected chi connectivity index (χ3v) is 4.09. The summed E-state index contributed by atoms with van der Waals surface area (Å²) in [5.74, 6) is 1.48. The zero-order valence-electron chi connectivity index (χ0n) is 14.0. The topological polar surface area (TPSA) is 30.5 Å². The number of anilines is 1. The third-order valence-electron chi connectivity index (χ3n) is 3.83. The summed E-state index contributed by atoms with van der Waals surface area (Å²) < 4.78 is 11.5. The van der Waals surface area contributed by atoms with Gasteiger partial charge < -0.3 is 14.8 Å². The highest BCUT2D eigenvalue weighted by molar-refractivity contribution is 6.30. The van der Waals surface area contributed by atoms with Crippen molar-refractivity contribution in [1.29, 1.82) is 0 Å². The molecule has 128 valence electrons. The summed E-state index contributed by atoms with van der Waals surface area (Å²) >= 11 is 5.93. The van der Waals surface area contributed by atoms with Gasteiger partial charge in [0.25, 0.3) is 0 Å². The summed E-state index contributed by atoms with van der Waals surface area (Å²) in [6, 6.07) is 23.6. The summed E-state index contributed by atoms with van der Waals surface area (Å²) in [7, 11) is 1.65. The first-order chi connectivity index (χ1) is 12.3. The summed E-state index contributed by atoms with van der Waals surface area (Å²) in [5, 5.41) is 4.12. The standard InChI is InChI=1S/C21H20ClNO2/c1-24-20-9-5-6-17(14-23-19-7-3-2-4-8-19)21(20)25-15-16-10-12-18(22)13-11-16/h2-13,23H,14-15H2,1H3. The van der Waals surface area contributed by atoms with Gasteiger partial charge in [-0.3, -0.25) is 0 Å².